The highest BCUT2D eigenvalue weighted by Gasteiger charge is 2.35. The van der Waals surface area contributed by atoms with Crippen molar-refractivity contribution in [2.75, 3.05) is 50.4 Å². The Bertz CT molecular complexity index is 1030. The molecule has 12 heteroatoms. The summed E-state index contributed by atoms with van der Waals surface area (Å²) in [6.07, 6.45) is 3.71. The Morgan fingerprint density at radius 2 is 1.94 bits per heavy atom. The predicted molar refractivity (Wildman–Crippen MR) is 131 cm³/mol. The standard InChI is InChI=1S/C24H35F3N8O/c1-3-19-20(16-35(32-19)17-8-13-33(2)14-9-17)30-23-29-15-18(24(25,26)27)22(31-23)28-10-6-12-34-11-5-4-7-21(34)36/h15-17H,3-14H2,1-2H3,(H2,28,29,30,31). The first kappa shape index (κ1) is 26.2. The van der Waals surface area contributed by atoms with Crippen LogP contribution in [0.3, 0.4) is 0 Å². The van der Waals surface area contributed by atoms with E-state index in [-0.39, 0.29) is 24.2 Å². The van der Waals surface area contributed by atoms with Gasteiger partial charge in [-0.1, -0.05) is 6.92 Å². The predicted octanol–water partition coefficient (Wildman–Crippen LogP) is 4.08. The van der Waals surface area contributed by atoms with Gasteiger partial charge in [0.1, 0.15) is 11.4 Å². The van der Waals surface area contributed by atoms with Crippen molar-refractivity contribution >= 4 is 23.4 Å². The highest BCUT2D eigenvalue weighted by Crippen LogP contribution is 2.34. The first-order valence-electron chi connectivity index (χ1n) is 12.7. The fraction of sp³-hybridized carbons (Fsp3) is 0.667. The summed E-state index contributed by atoms with van der Waals surface area (Å²) in [4.78, 5) is 24.1. The number of aromatic nitrogens is 4. The van der Waals surface area contributed by atoms with Gasteiger partial charge in [-0.15, -0.1) is 0 Å². The lowest BCUT2D eigenvalue weighted by molar-refractivity contribution is -0.137. The zero-order valence-corrected chi connectivity index (χ0v) is 20.9. The molecule has 0 bridgehead atoms. The molecule has 2 aliphatic rings. The van der Waals surface area contributed by atoms with E-state index in [1.807, 2.05) is 17.8 Å². The smallest absolute Gasteiger partial charge is 0.369 e. The van der Waals surface area contributed by atoms with Crippen molar-refractivity contribution in [2.24, 2.45) is 0 Å². The van der Waals surface area contributed by atoms with Crippen molar-refractivity contribution in [3.05, 3.63) is 23.7 Å². The van der Waals surface area contributed by atoms with Gasteiger partial charge in [-0.05, 0) is 58.7 Å². The lowest BCUT2D eigenvalue weighted by Crippen LogP contribution is -2.36. The summed E-state index contributed by atoms with van der Waals surface area (Å²) in [7, 11) is 2.10. The summed E-state index contributed by atoms with van der Waals surface area (Å²) in [5.41, 5.74) is 0.601. The van der Waals surface area contributed by atoms with E-state index in [1.165, 1.54) is 0 Å². The van der Waals surface area contributed by atoms with Gasteiger partial charge in [-0.25, -0.2) is 4.98 Å². The number of anilines is 3. The quantitative estimate of drug-likeness (QED) is 0.493. The van der Waals surface area contributed by atoms with E-state index in [0.717, 1.165) is 50.7 Å². The molecule has 198 valence electrons. The van der Waals surface area contributed by atoms with E-state index in [0.29, 0.717) is 44.1 Å². The van der Waals surface area contributed by atoms with Gasteiger partial charge in [0.25, 0.3) is 0 Å². The van der Waals surface area contributed by atoms with Gasteiger partial charge in [-0.2, -0.15) is 23.3 Å². The molecular formula is C24H35F3N8O. The van der Waals surface area contributed by atoms with Gasteiger partial charge in [0.2, 0.25) is 11.9 Å². The van der Waals surface area contributed by atoms with Crippen molar-refractivity contribution in [3.8, 4) is 0 Å². The number of nitrogens with one attached hydrogen (secondary N) is 2. The molecule has 0 unspecified atom stereocenters. The number of likely N-dealkylation sites (tertiary alicyclic amines) is 2. The van der Waals surface area contributed by atoms with Gasteiger partial charge in [0.15, 0.2) is 0 Å². The molecule has 36 heavy (non-hydrogen) atoms. The Labute approximate surface area is 209 Å². The summed E-state index contributed by atoms with van der Waals surface area (Å²) in [6.45, 7) is 5.46. The number of halogens is 3. The molecule has 1 amide bonds. The molecule has 9 nitrogen and oxygen atoms in total. The highest BCUT2D eigenvalue weighted by atomic mass is 19.4. The van der Waals surface area contributed by atoms with Crippen LogP contribution in [0.2, 0.25) is 0 Å². The minimum Gasteiger partial charge on any atom is -0.369 e. The molecule has 2 aromatic heterocycles. The van der Waals surface area contributed by atoms with Crippen molar-refractivity contribution in [1.29, 1.82) is 0 Å². The molecule has 0 aliphatic carbocycles. The largest absolute Gasteiger partial charge is 0.421 e. The van der Waals surface area contributed by atoms with Crippen LogP contribution in [-0.4, -0.2) is 75.2 Å². The van der Waals surface area contributed by atoms with Gasteiger partial charge < -0.3 is 20.4 Å². The first-order chi connectivity index (χ1) is 17.2. The molecule has 0 spiro atoms. The van der Waals surface area contributed by atoms with Crippen LogP contribution >= 0.6 is 0 Å². The number of carbonyl (C=O) groups excluding carboxylic acids is 1. The van der Waals surface area contributed by atoms with Gasteiger partial charge in [0, 0.05) is 38.4 Å². The summed E-state index contributed by atoms with van der Waals surface area (Å²) in [5, 5.41) is 10.6. The lowest BCUT2D eigenvalue weighted by Gasteiger charge is -2.28. The van der Waals surface area contributed by atoms with Crippen LogP contribution in [0.25, 0.3) is 0 Å². The summed E-state index contributed by atoms with van der Waals surface area (Å²) in [6, 6.07) is 0.291. The number of aryl methyl sites for hydroxylation is 1. The van der Waals surface area contributed by atoms with Crippen molar-refractivity contribution in [3.63, 3.8) is 0 Å². The number of amides is 1. The Morgan fingerprint density at radius 3 is 2.64 bits per heavy atom. The van der Waals surface area contributed by atoms with Gasteiger partial charge in [-0.3, -0.25) is 9.48 Å². The van der Waals surface area contributed by atoms with E-state index in [9.17, 15) is 18.0 Å². The molecule has 2 fully saturated rings. The lowest BCUT2D eigenvalue weighted by atomic mass is 10.1. The van der Waals surface area contributed by atoms with E-state index in [4.69, 9.17) is 5.10 Å². The molecule has 2 aliphatic heterocycles. The monoisotopic (exact) mass is 508 g/mol. The number of nitrogens with zero attached hydrogens (tertiary/aromatic N) is 6. The second kappa shape index (κ2) is 11.4. The van der Waals surface area contributed by atoms with Crippen LogP contribution < -0.4 is 10.6 Å². The zero-order chi connectivity index (χ0) is 25.7. The fourth-order valence-electron chi connectivity index (χ4n) is 4.72. The number of piperidine rings is 2. The Hall–Kier alpha value is -2.89. The number of hydrogen-bond acceptors (Lipinski definition) is 7. The topological polar surface area (TPSA) is 91.2 Å². The second-order valence-corrected chi connectivity index (χ2v) is 9.55. The average Bonchev–Trinajstić information content (AvgIpc) is 3.25. The van der Waals surface area contributed by atoms with Crippen LogP contribution in [0.5, 0.6) is 0 Å². The van der Waals surface area contributed by atoms with E-state index < -0.39 is 11.7 Å². The summed E-state index contributed by atoms with van der Waals surface area (Å²) >= 11 is 0. The highest BCUT2D eigenvalue weighted by molar-refractivity contribution is 5.76. The average molecular weight is 509 g/mol. The molecular weight excluding hydrogens is 473 g/mol. The molecule has 2 saturated heterocycles. The molecule has 4 rings (SSSR count). The SMILES string of the molecule is CCc1nn(C2CCN(C)CC2)cc1Nc1ncc(C(F)(F)F)c(NCCCN2CCCCC2=O)n1. The van der Waals surface area contributed by atoms with Crippen LogP contribution in [0.15, 0.2) is 12.4 Å². The Morgan fingerprint density at radius 1 is 1.17 bits per heavy atom. The maximum absolute atomic E-state index is 13.6. The normalized spacial score (nSPS) is 18.0. The van der Waals surface area contributed by atoms with Crippen LogP contribution in [0, 0.1) is 0 Å². The van der Waals surface area contributed by atoms with Gasteiger partial charge >= 0.3 is 6.18 Å². The third-order valence-electron chi connectivity index (χ3n) is 6.86. The van der Waals surface area contributed by atoms with Gasteiger partial charge in [0.05, 0.1) is 17.4 Å². The maximum Gasteiger partial charge on any atom is 0.421 e. The zero-order valence-electron chi connectivity index (χ0n) is 20.9. The molecule has 0 radical (unpaired) electrons. The van der Waals surface area contributed by atoms with Crippen molar-refractivity contribution in [1.82, 2.24) is 29.5 Å². The van der Waals surface area contributed by atoms with Crippen molar-refractivity contribution in [2.45, 2.75) is 64.1 Å². The first-order valence-corrected chi connectivity index (χ1v) is 12.7. The molecule has 2 N–H and O–H groups in total. The second-order valence-electron chi connectivity index (χ2n) is 9.55. The van der Waals surface area contributed by atoms with Crippen LogP contribution in [0.1, 0.15) is 62.7 Å². The molecule has 2 aromatic rings. The minimum atomic E-state index is -4.59. The Kier molecular flexibility index (Phi) is 8.32. The minimum absolute atomic E-state index is 0.0781. The number of alkyl halides is 3. The van der Waals surface area contributed by atoms with Crippen LogP contribution in [-0.2, 0) is 17.4 Å². The third kappa shape index (κ3) is 6.45. The van der Waals surface area contributed by atoms with Crippen LogP contribution in [0.4, 0.5) is 30.6 Å². The van der Waals surface area contributed by atoms with E-state index in [2.05, 4.69) is 32.5 Å². The Balaban J connectivity index is 1.45. The number of carbonyl (C=O) groups is 1. The summed E-state index contributed by atoms with van der Waals surface area (Å²) in [5.74, 6) is -0.0849. The number of hydrogen-bond donors (Lipinski definition) is 2. The number of rotatable bonds is 9. The van der Waals surface area contributed by atoms with Crippen molar-refractivity contribution < 1.29 is 18.0 Å². The third-order valence-corrected chi connectivity index (χ3v) is 6.86. The molecule has 4 heterocycles. The maximum atomic E-state index is 13.6. The molecule has 0 aromatic carbocycles. The fourth-order valence-corrected chi connectivity index (χ4v) is 4.72. The molecule has 0 atom stereocenters. The molecule has 0 saturated carbocycles. The van der Waals surface area contributed by atoms with E-state index in [1.54, 1.807) is 4.90 Å². The summed E-state index contributed by atoms with van der Waals surface area (Å²) < 4.78 is 42.8. The van der Waals surface area contributed by atoms with E-state index >= 15 is 0 Å².